The first-order valence-electron chi connectivity index (χ1n) is 6.33. The lowest BCUT2D eigenvalue weighted by Crippen LogP contribution is -2.18. The Balaban J connectivity index is 2.05. The Morgan fingerprint density at radius 1 is 1.33 bits per heavy atom. The van der Waals surface area contributed by atoms with Gasteiger partial charge in [0.15, 0.2) is 0 Å². The summed E-state index contributed by atoms with van der Waals surface area (Å²) in [5.41, 5.74) is 0. The van der Waals surface area contributed by atoms with Gasteiger partial charge in [0, 0.05) is 24.9 Å². The van der Waals surface area contributed by atoms with Crippen LogP contribution >= 0.6 is 0 Å². The predicted molar refractivity (Wildman–Crippen MR) is 62.9 cm³/mol. The molecule has 0 unspecified atom stereocenters. The maximum absolute atomic E-state index is 4.46. The van der Waals surface area contributed by atoms with Crippen molar-refractivity contribution >= 4 is 0 Å². The molecule has 2 heteroatoms. The van der Waals surface area contributed by atoms with Gasteiger partial charge in [-0.25, -0.2) is 4.98 Å². The molecule has 0 amide bonds. The van der Waals surface area contributed by atoms with Crippen LogP contribution in [0.3, 0.4) is 0 Å². The zero-order valence-electron chi connectivity index (χ0n) is 9.95. The zero-order valence-corrected chi connectivity index (χ0v) is 9.95. The smallest absolute Gasteiger partial charge is 0.108 e. The molecule has 0 aliphatic heterocycles. The van der Waals surface area contributed by atoms with Crippen LogP contribution in [0.2, 0.25) is 0 Å². The van der Waals surface area contributed by atoms with Gasteiger partial charge in [0.1, 0.15) is 5.82 Å². The van der Waals surface area contributed by atoms with E-state index in [-0.39, 0.29) is 0 Å². The predicted octanol–water partition coefficient (Wildman–Crippen LogP) is 3.59. The van der Waals surface area contributed by atoms with E-state index in [4.69, 9.17) is 0 Å². The summed E-state index contributed by atoms with van der Waals surface area (Å²) in [6, 6.07) is 0.727. The second-order valence-corrected chi connectivity index (χ2v) is 4.91. The number of aryl methyl sites for hydroxylation is 1. The fourth-order valence-electron chi connectivity index (χ4n) is 2.61. The van der Waals surface area contributed by atoms with E-state index in [0.29, 0.717) is 0 Å². The van der Waals surface area contributed by atoms with Crippen LogP contribution in [0.4, 0.5) is 0 Å². The minimum Gasteiger partial charge on any atom is -0.332 e. The van der Waals surface area contributed by atoms with Gasteiger partial charge in [0.05, 0.1) is 0 Å². The van der Waals surface area contributed by atoms with Crippen LogP contribution in [-0.2, 0) is 6.42 Å². The van der Waals surface area contributed by atoms with Crippen molar-refractivity contribution in [3.05, 3.63) is 18.2 Å². The molecule has 15 heavy (non-hydrogen) atoms. The molecule has 0 spiro atoms. The third-order valence-electron chi connectivity index (χ3n) is 3.60. The summed E-state index contributed by atoms with van der Waals surface area (Å²) in [6.45, 7) is 4.60. The molecule has 84 valence electrons. The van der Waals surface area contributed by atoms with Crippen molar-refractivity contribution in [2.75, 3.05) is 0 Å². The average Bonchev–Trinajstić information content (AvgIpc) is 2.68. The number of aromatic nitrogens is 2. The van der Waals surface area contributed by atoms with E-state index in [2.05, 4.69) is 29.6 Å². The SMILES string of the molecule is CCCc1nccn1C1CCC(C)CC1. The van der Waals surface area contributed by atoms with Gasteiger partial charge in [0.2, 0.25) is 0 Å². The van der Waals surface area contributed by atoms with E-state index in [1.165, 1.54) is 37.9 Å². The Bertz CT molecular complexity index is 295. The first-order chi connectivity index (χ1) is 7.31. The second-order valence-electron chi connectivity index (χ2n) is 4.91. The molecule has 1 saturated carbocycles. The van der Waals surface area contributed by atoms with Gasteiger partial charge < -0.3 is 4.57 Å². The van der Waals surface area contributed by atoms with Crippen LogP contribution in [0.1, 0.15) is 57.8 Å². The van der Waals surface area contributed by atoms with Gasteiger partial charge in [-0.05, 0) is 38.0 Å². The van der Waals surface area contributed by atoms with Crippen molar-refractivity contribution in [3.63, 3.8) is 0 Å². The van der Waals surface area contributed by atoms with Gasteiger partial charge in [-0.1, -0.05) is 13.8 Å². The van der Waals surface area contributed by atoms with Crippen LogP contribution in [0.25, 0.3) is 0 Å². The molecule has 0 aromatic carbocycles. The molecule has 2 nitrogen and oxygen atoms in total. The summed E-state index contributed by atoms with van der Waals surface area (Å²) in [6.07, 6.45) is 11.9. The number of hydrogen-bond donors (Lipinski definition) is 0. The molecule has 2 rings (SSSR count). The maximum Gasteiger partial charge on any atom is 0.108 e. The monoisotopic (exact) mass is 206 g/mol. The number of rotatable bonds is 3. The first-order valence-corrected chi connectivity index (χ1v) is 6.33. The molecule has 0 N–H and O–H groups in total. The quantitative estimate of drug-likeness (QED) is 0.739. The molecular formula is C13H22N2. The van der Waals surface area contributed by atoms with Crippen LogP contribution in [-0.4, -0.2) is 9.55 Å². The van der Waals surface area contributed by atoms with Gasteiger partial charge in [-0.2, -0.15) is 0 Å². The number of hydrogen-bond acceptors (Lipinski definition) is 1. The molecule has 0 atom stereocenters. The standard InChI is InChI=1S/C13H22N2/c1-3-4-13-14-9-10-15(13)12-7-5-11(2)6-8-12/h9-12H,3-8H2,1-2H3. The highest BCUT2D eigenvalue weighted by Crippen LogP contribution is 2.32. The average molecular weight is 206 g/mol. The van der Waals surface area contributed by atoms with Crippen molar-refractivity contribution in [2.45, 2.75) is 58.4 Å². The molecule has 1 heterocycles. The Kier molecular flexibility index (Phi) is 3.45. The summed E-state index contributed by atoms with van der Waals surface area (Å²) in [5, 5.41) is 0. The van der Waals surface area contributed by atoms with E-state index in [1.54, 1.807) is 0 Å². The largest absolute Gasteiger partial charge is 0.332 e. The van der Waals surface area contributed by atoms with E-state index in [1.807, 2.05) is 6.20 Å². The number of imidazole rings is 1. The van der Waals surface area contributed by atoms with E-state index in [9.17, 15) is 0 Å². The van der Waals surface area contributed by atoms with Gasteiger partial charge >= 0.3 is 0 Å². The fourth-order valence-corrected chi connectivity index (χ4v) is 2.61. The van der Waals surface area contributed by atoms with E-state index < -0.39 is 0 Å². The summed E-state index contributed by atoms with van der Waals surface area (Å²) >= 11 is 0. The normalized spacial score (nSPS) is 26.8. The molecule has 1 aliphatic rings. The lowest BCUT2D eigenvalue weighted by atomic mass is 9.87. The first kappa shape index (κ1) is 10.7. The summed E-state index contributed by atoms with van der Waals surface area (Å²) in [5.74, 6) is 2.22. The minimum atomic E-state index is 0.727. The van der Waals surface area contributed by atoms with Gasteiger partial charge in [-0.3, -0.25) is 0 Å². The topological polar surface area (TPSA) is 17.8 Å². The van der Waals surface area contributed by atoms with Crippen molar-refractivity contribution < 1.29 is 0 Å². The Morgan fingerprint density at radius 3 is 2.73 bits per heavy atom. The van der Waals surface area contributed by atoms with Crippen LogP contribution < -0.4 is 0 Å². The van der Waals surface area contributed by atoms with Crippen LogP contribution in [0, 0.1) is 5.92 Å². The molecule has 1 fully saturated rings. The highest BCUT2D eigenvalue weighted by molar-refractivity contribution is 4.96. The Hall–Kier alpha value is -0.790. The van der Waals surface area contributed by atoms with Crippen LogP contribution in [0.5, 0.6) is 0 Å². The van der Waals surface area contributed by atoms with Gasteiger partial charge in [0.25, 0.3) is 0 Å². The van der Waals surface area contributed by atoms with Crippen LogP contribution in [0.15, 0.2) is 12.4 Å². The van der Waals surface area contributed by atoms with Crippen molar-refractivity contribution in [3.8, 4) is 0 Å². The lowest BCUT2D eigenvalue weighted by Gasteiger charge is -2.28. The molecule has 1 aromatic heterocycles. The molecular weight excluding hydrogens is 184 g/mol. The summed E-state index contributed by atoms with van der Waals surface area (Å²) < 4.78 is 2.43. The Labute approximate surface area is 92.7 Å². The zero-order chi connectivity index (χ0) is 10.7. The summed E-state index contributed by atoms with van der Waals surface area (Å²) in [7, 11) is 0. The lowest BCUT2D eigenvalue weighted by molar-refractivity contribution is 0.285. The highest BCUT2D eigenvalue weighted by Gasteiger charge is 2.20. The molecule has 0 saturated heterocycles. The molecule has 0 radical (unpaired) electrons. The van der Waals surface area contributed by atoms with E-state index in [0.717, 1.165) is 18.4 Å². The second kappa shape index (κ2) is 4.82. The van der Waals surface area contributed by atoms with E-state index >= 15 is 0 Å². The van der Waals surface area contributed by atoms with Gasteiger partial charge in [-0.15, -0.1) is 0 Å². The molecule has 1 aromatic rings. The van der Waals surface area contributed by atoms with Crippen molar-refractivity contribution in [1.82, 2.24) is 9.55 Å². The van der Waals surface area contributed by atoms with Crippen molar-refractivity contribution in [2.24, 2.45) is 5.92 Å². The maximum atomic E-state index is 4.46. The van der Waals surface area contributed by atoms with Crippen molar-refractivity contribution in [1.29, 1.82) is 0 Å². The third kappa shape index (κ3) is 2.42. The third-order valence-corrected chi connectivity index (χ3v) is 3.60. The molecule has 0 bridgehead atoms. The summed E-state index contributed by atoms with van der Waals surface area (Å²) in [4.78, 5) is 4.46. The highest BCUT2D eigenvalue weighted by atomic mass is 15.1. The number of nitrogens with zero attached hydrogens (tertiary/aromatic N) is 2. The molecule has 1 aliphatic carbocycles. The fraction of sp³-hybridized carbons (Fsp3) is 0.769. The Morgan fingerprint density at radius 2 is 2.07 bits per heavy atom. The minimum absolute atomic E-state index is 0.727.